The monoisotopic (exact) mass is 263 g/mol. The van der Waals surface area contributed by atoms with Crippen LogP contribution in [-0.4, -0.2) is 6.54 Å². The largest absolute Gasteiger partial charge is 0.330 e. The van der Waals surface area contributed by atoms with Gasteiger partial charge in [0.2, 0.25) is 0 Å². The third-order valence-corrected chi connectivity index (χ3v) is 2.59. The summed E-state index contributed by atoms with van der Waals surface area (Å²) in [5.74, 6) is 0.646. The molecule has 0 spiro atoms. The van der Waals surface area contributed by atoms with Crippen LogP contribution >= 0.6 is 24.0 Å². The van der Waals surface area contributed by atoms with Gasteiger partial charge in [0.05, 0.1) is 0 Å². The third-order valence-electron chi connectivity index (χ3n) is 2.34. The van der Waals surface area contributed by atoms with Gasteiger partial charge in [-0.2, -0.15) is 0 Å². The molecule has 1 aromatic rings. The molecule has 0 aliphatic carbocycles. The Balaban J connectivity index is 0. The third kappa shape index (κ3) is 7.98. The van der Waals surface area contributed by atoms with Gasteiger partial charge in [0.15, 0.2) is 0 Å². The van der Waals surface area contributed by atoms with E-state index >= 15 is 0 Å². The second-order valence-electron chi connectivity index (χ2n) is 3.65. The van der Waals surface area contributed by atoms with Crippen molar-refractivity contribution in [3.8, 4) is 0 Å². The zero-order valence-electron chi connectivity index (χ0n) is 10.4. The summed E-state index contributed by atoms with van der Waals surface area (Å²) in [6, 6.07) is 8.08. The average Bonchev–Trinajstić information content (AvgIpc) is 2.29. The predicted molar refractivity (Wildman–Crippen MR) is 76.8 cm³/mol. The molecule has 1 atom stereocenters. The van der Waals surface area contributed by atoms with Gasteiger partial charge in [-0.1, -0.05) is 44.5 Å². The van der Waals surface area contributed by atoms with E-state index in [0.717, 1.165) is 18.0 Å². The van der Waals surface area contributed by atoms with Crippen LogP contribution in [0.25, 0.3) is 0 Å². The molecule has 0 aliphatic heterocycles. The standard InChI is InChI=1S/C10H13Cl.C3H9N.ClH/c1-3-8(2)9-4-6-10(11)7-5-9;1-2-3-4;/h4-8H,3H2,1-2H3;2-4H2,1H3;1H. The molecule has 0 bridgehead atoms. The quantitative estimate of drug-likeness (QED) is 0.846. The lowest BCUT2D eigenvalue weighted by atomic mass is 9.99. The normalized spacial score (nSPS) is 10.8. The van der Waals surface area contributed by atoms with Crippen LogP contribution in [0.4, 0.5) is 0 Å². The zero-order chi connectivity index (χ0) is 11.7. The highest BCUT2D eigenvalue weighted by atomic mass is 35.5. The number of nitrogens with two attached hydrogens (primary N) is 1. The minimum absolute atomic E-state index is 0. The lowest BCUT2D eigenvalue weighted by molar-refractivity contribution is 0.734. The van der Waals surface area contributed by atoms with Gasteiger partial charge in [0, 0.05) is 5.02 Å². The van der Waals surface area contributed by atoms with E-state index in [9.17, 15) is 0 Å². The molecule has 1 rings (SSSR count). The van der Waals surface area contributed by atoms with Crippen LogP contribution in [-0.2, 0) is 0 Å². The average molecular weight is 264 g/mol. The number of rotatable bonds is 3. The molecule has 16 heavy (non-hydrogen) atoms. The predicted octanol–water partition coefficient (Wildman–Crippen LogP) is 4.63. The summed E-state index contributed by atoms with van der Waals surface area (Å²) in [6.45, 7) is 7.29. The Hall–Kier alpha value is -0.240. The first kappa shape index (κ1) is 18.1. The smallest absolute Gasteiger partial charge is 0.0406 e. The van der Waals surface area contributed by atoms with Crippen LogP contribution in [0.1, 0.15) is 45.1 Å². The van der Waals surface area contributed by atoms with E-state index in [1.54, 1.807) is 0 Å². The Labute approximate surface area is 111 Å². The lowest BCUT2D eigenvalue weighted by Gasteiger charge is -2.07. The zero-order valence-corrected chi connectivity index (χ0v) is 11.9. The maximum atomic E-state index is 5.76. The molecule has 1 unspecified atom stereocenters. The minimum atomic E-state index is 0. The number of hydrogen-bond acceptors (Lipinski definition) is 1. The number of halogens is 2. The Morgan fingerprint density at radius 2 is 1.62 bits per heavy atom. The van der Waals surface area contributed by atoms with Crippen molar-refractivity contribution in [3.63, 3.8) is 0 Å². The van der Waals surface area contributed by atoms with E-state index in [2.05, 4.69) is 32.9 Å². The van der Waals surface area contributed by atoms with Crippen molar-refractivity contribution < 1.29 is 0 Å². The molecule has 0 fully saturated rings. The molecular weight excluding hydrogens is 241 g/mol. The lowest BCUT2D eigenvalue weighted by Crippen LogP contribution is -1.93. The second kappa shape index (κ2) is 11.3. The van der Waals surface area contributed by atoms with Crippen molar-refractivity contribution in [3.05, 3.63) is 34.9 Å². The molecule has 0 heterocycles. The molecule has 0 radical (unpaired) electrons. The number of benzene rings is 1. The summed E-state index contributed by atoms with van der Waals surface area (Å²) < 4.78 is 0. The van der Waals surface area contributed by atoms with E-state index in [1.165, 1.54) is 12.0 Å². The summed E-state index contributed by atoms with van der Waals surface area (Å²) in [5, 5.41) is 0.817. The Bertz CT molecular complexity index is 245. The van der Waals surface area contributed by atoms with Gasteiger partial charge in [0.25, 0.3) is 0 Å². The van der Waals surface area contributed by atoms with E-state index < -0.39 is 0 Å². The summed E-state index contributed by atoms with van der Waals surface area (Å²) in [7, 11) is 0. The molecule has 94 valence electrons. The molecule has 0 saturated carbocycles. The SMILES string of the molecule is CCC(C)c1ccc(Cl)cc1.CCCN.Cl. The van der Waals surface area contributed by atoms with Crippen molar-refractivity contribution in [2.24, 2.45) is 5.73 Å². The van der Waals surface area contributed by atoms with Crippen LogP contribution in [0.3, 0.4) is 0 Å². The van der Waals surface area contributed by atoms with Crippen LogP contribution in [0.15, 0.2) is 24.3 Å². The van der Waals surface area contributed by atoms with Gasteiger partial charge in [-0.25, -0.2) is 0 Å². The van der Waals surface area contributed by atoms with Gasteiger partial charge in [-0.15, -0.1) is 12.4 Å². The molecular formula is C13H23Cl2N. The first-order valence-electron chi connectivity index (χ1n) is 5.61. The van der Waals surface area contributed by atoms with Gasteiger partial charge < -0.3 is 5.73 Å². The maximum absolute atomic E-state index is 5.76. The Morgan fingerprint density at radius 1 is 1.19 bits per heavy atom. The first-order chi connectivity index (χ1) is 7.15. The van der Waals surface area contributed by atoms with Crippen molar-refractivity contribution in [2.75, 3.05) is 6.54 Å². The van der Waals surface area contributed by atoms with E-state index in [1.807, 2.05) is 12.1 Å². The maximum Gasteiger partial charge on any atom is 0.0406 e. The highest BCUT2D eigenvalue weighted by molar-refractivity contribution is 6.30. The topological polar surface area (TPSA) is 26.0 Å². The van der Waals surface area contributed by atoms with E-state index in [4.69, 9.17) is 17.3 Å². The van der Waals surface area contributed by atoms with E-state index in [-0.39, 0.29) is 12.4 Å². The van der Waals surface area contributed by atoms with Crippen LogP contribution < -0.4 is 5.73 Å². The Morgan fingerprint density at radius 3 is 1.94 bits per heavy atom. The minimum Gasteiger partial charge on any atom is -0.330 e. The second-order valence-corrected chi connectivity index (χ2v) is 4.09. The molecule has 2 N–H and O–H groups in total. The summed E-state index contributed by atoms with van der Waals surface area (Å²) >= 11 is 5.76. The van der Waals surface area contributed by atoms with Crippen LogP contribution in [0.2, 0.25) is 5.02 Å². The molecule has 0 aliphatic rings. The molecule has 0 aromatic heterocycles. The summed E-state index contributed by atoms with van der Waals surface area (Å²) in [4.78, 5) is 0. The summed E-state index contributed by atoms with van der Waals surface area (Å²) in [5.41, 5.74) is 6.40. The number of hydrogen-bond donors (Lipinski definition) is 1. The van der Waals surface area contributed by atoms with Crippen LogP contribution in [0, 0.1) is 0 Å². The van der Waals surface area contributed by atoms with Crippen LogP contribution in [0.5, 0.6) is 0 Å². The fourth-order valence-corrected chi connectivity index (χ4v) is 1.15. The van der Waals surface area contributed by atoms with Gasteiger partial charge in [-0.3, -0.25) is 0 Å². The molecule has 1 nitrogen and oxygen atoms in total. The van der Waals surface area contributed by atoms with Gasteiger partial charge >= 0.3 is 0 Å². The van der Waals surface area contributed by atoms with E-state index in [0.29, 0.717) is 5.92 Å². The molecule has 1 aromatic carbocycles. The molecule has 0 saturated heterocycles. The fraction of sp³-hybridized carbons (Fsp3) is 0.538. The Kier molecular flexibility index (Phi) is 12.8. The van der Waals surface area contributed by atoms with Crippen molar-refractivity contribution in [2.45, 2.75) is 39.5 Å². The van der Waals surface area contributed by atoms with Crippen molar-refractivity contribution in [1.82, 2.24) is 0 Å². The van der Waals surface area contributed by atoms with Gasteiger partial charge in [-0.05, 0) is 43.0 Å². The highest BCUT2D eigenvalue weighted by Gasteiger charge is 2.00. The van der Waals surface area contributed by atoms with Crippen molar-refractivity contribution >= 4 is 24.0 Å². The fourth-order valence-electron chi connectivity index (χ4n) is 1.03. The molecule has 0 amide bonds. The van der Waals surface area contributed by atoms with Gasteiger partial charge in [0.1, 0.15) is 0 Å². The first-order valence-corrected chi connectivity index (χ1v) is 5.99. The summed E-state index contributed by atoms with van der Waals surface area (Å²) in [6.07, 6.45) is 2.28. The van der Waals surface area contributed by atoms with Crippen molar-refractivity contribution in [1.29, 1.82) is 0 Å². The molecule has 3 heteroatoms. The highest BCUT2D eigenvalue weighted by Crippen LogP contribution is 2.20.